The van der Waals surface area contributed by atoms with E-state index in [9.17, 15) is 9.18 Å². The van der Waals surface area contributed by atoms with Gasteiger partial charge in [0.15, 0.2) is 0 Å². The van der Waals surface area contributed by atoms with Crippen LogP contribution in [-0.2, 0) is 0 Å². The van der Waals surface area contributed by atoms with E-state index < -0.39 is 5.82 Å². The molecule has 0 aliphatic rings. The summed E-state index contributed by atoms with van der Waals surface area (Å²) < 4.78 is 13.4. The summed E-state index contributed by atoms with van der Waals surface area (Å²) in [5.41, 5.74) is 2.64. The number of amides is 1. The van der Waals surface area contributed by atoms with Crippen LogP contribution in [-0.4, -0.2) is 10.9 Å². The van der Waals surface area contributed by atoms with Crippen molar-refractivity contribution in [1.29, 1.82) is 0 Å². The highest BCUT2D eigenvalue weighted by atomic mass is 35.5. The molecule has 0 saturated carbocycles. The molecule has 6 heteroatoms. The first-order valence-electron chi connectivity index (χ1n) is 8.43. The van der Waals surface area contributed by atoms with Crippen LogP contribution in [0.15, 0.2) is 72.8 Å². The number of anilines is 1. The molecule has 0 saturated heterocycles. The fraction of sp³-hybridized carbons (Fsp3) is 0. The topological polar surface area (TPSA) is 42.0 Å². The first-order chi connectivity index (χ1) is 13.5. The molecule has 3 nitrogen and oxygen atoms in total. The summed E-state index contributed by atoms with van der Waals surface area (Å²) in [6, 6.07) is 19.8. The van der Waals surface area contributed by atoms with Crippen LogP contribution < -0.4 is 5.32 Å². The van der Waals surface area contributed by atoms with Gasteiger partial charge in [-0.15, -0.1) is 0 Å². The van der Waals surface area contributed by atoms with E-state index in [2.05, 4.69) is 10.3 Å². The molecule has 1 amide bonds. The van der Waals surface area contributed by atoms with Gasteiger partial charge in [0.1, 0.15) is 5.82 Å². The van der Waals surface area contributed by atoms with Crippen molar-refractivity contribution in [3.8, 4) is 11.3 Å². The van der Waals surface area contributed by atoms with Crippen LogP contribution in [0.25, 0.3) is 22.2 Å². The Balaban J connectivity index is 1.83. The Kier molecular flexibility index (Phi) is 4.99. The number of halogens is 3. The van der Waals surface area contributed by atoms with Gasteiger partial charge in [-0.05, 0) is 48.5 Å². The quantitative estimate of drug-likeness (QED) is 0.413. The van der Waals surface area contributed by atoms with E-state index in [1.807, 2.05) is 24.3 Å². The molecule has 1 N–H and O–H groups in total. The molecular weight excluding hydrogens is 398 g/mol. The molecule has 0 bridgehead atoms. The van der Waals surface area contributed by atoms with Crippen LogP contribution in [0.3, 0.4) is 0 Å². The van der Waals surface area contributed by atoms with Gasteiger partial charge in [-0.25, -0.2) is 9.37 Å². The molecule has 3 aromatic carbocycles. The van der Waals surface area contributed by atoms with E-state index in [1.54, 1.807) is 30.3 Å². The Hall–Kier alpha value is -2.95. The molecule has 0 aliphatic carbocycles. The van der Waals surface area contributed by atoms with Crippen LogP contribution in [0.2, 0.25) is 10.0 Å². The smallest absolute Gasteiger partial charge is 0.256 e. The van der Waals surface area contributed by atoms with Crippen molar-refractivity contribution < 1.29 is 9.18 Å². The third-order valence-electron chi connectivity index (χ3n) is 4.25. The second-order valence-electron chi connectivity index (χ2n) is 6.16. The number of rotatable bonds is 3. The van der Waals surface area contributed by atoms with Gasteiger partial charge in [0.25, 0.3) is 5.91 Å². The lowest BCUT2D eigenvalue weighted by Gasteiger charge is -2.12. The van der Waals surface area contributed by atoms with Gasteiger partial charge >= 0.3 is 0 Å². The van der Waals surface area contributed by atoms with E-state index >= 15 is 0 Å². The number of nitrogens with one attached hydrogen (secondary N) is 1. The standard InChI is InChI=1S/C22H13Cl2FN2O/c23-13-8-9-17(19(24)10-13)21-12-18(16-6-1-2-7-20(16)27-21)22(28)26-15-5-3-4-14(25)11-15/h1-12H,(H,26,28). The molecule has 0 fully saturated rings. The van der Waals surface area contributed by atoms with Crippen LogP contribution >= 0.6 is 23.2 Å². The summed E-state index contributed by atoms with van der Waals surface area (Å²) in [5.74, 6) is -0.790. The molecule has 0 unspecified atom stereocenters. The maximum atomic E-state index is 13.4. The number of fused-ring (bicyclic) bond motifs is 1. The van der Waals surface area contributed by atoms with Crippen LogP contribution in [0.5, 0.6) is 0 Å². The highest BCUT2D eigenvalue weighted by Gasteiger charge is 2.16. The molecule has 28 heavy (non-hydrogen) atoms. The second kappa shape index (κ2) is 7.58. The fourth-order valence-corrected chi connectivity index (χ4v) is 3.47. The van der Waals surface area contributed by atoms with E-state index in [1.165, 1.54) is 18.2 Å². The Morgan fingerprint density at radius 3 is 2.54 bits per heavy atom. The van der Waals surface area contributed by atoms with Crippen LogP contribution in [0.1, 0.15) is 10.4 Å². The summed E-state index contributed by atoms with van der Waals surface area (Å²) in [5, 5.41) is 4.37. The molecule has 1 aromatic heterocycles. The Morgan fingerprint density at radius 1 is 0.929 bits per heavy atom. The summed E-state index contributed by atoms with van der Waals surface area (Å²) in [4.78, 5) is 17.6. The van der Waals surface area contributed by atoms with Crippen molar-refractivity contribution in [2.24, 2.45) is 0 Å². The number of hydrogen-bond acceptors (Lipinski definition) is 2. The third-order valence-corrected chi connectivity index (χ3v) is 4.80. The normalized spacial score (nSPS) is 10.8. The summed E-state index contributed by atoms with van der Waals surface area (Å²) in [6.07, 6.45) is 0. The lowest BCUT2D eigenvalue weighted by atomic mass is 10.0. The number of carbonyl (C=O) groups excluding carboxylic acids is 1. The average molecular weight is 411 g/mol. The minimum atomic E-state index is -0.425. The lowest BCUT2D eigenvalue weighted by molar-refractivity contribution is 0.102. The van der Waals surface area contributed by atoms with E-state index in [4.69, 9.17) is 23.2 Å². The Morgan fingerprint density at radius 2 is 1.75 bits per heavy atom. The van der Waals surface area contributed by atoms with E-state index in [-0.39, 0.29) is 5.91 Å². The molecular formula is C22H13Cl2FN2O. The zero-order valence-corrected chi connectivity index (χ0v) is 15.9. The van der Waals surface area contributed by atoms with Crippen LogP contribution in [0, 0.1) is 5.82 Å². The van der Waals surface area contributed by atoms with Crippen molar-refractivity contribution >= 4 is 45.7 Å². The van der Waals surface area contributed by atoms with Crippen LogP contribution in [0.4, 0.5) is 10.1 Å². The predicted octanol–water partition coefficient (Wildman–Crippen LogP) is 6.60. The van der Waals surface area contributed by atoms with Gasteiger partial charge < -0.3 is 5.32 Å². The molecule has 0 atom stereocenters. The van der Waals surface area contributed by atoms with Gasteiger partial charge in [-0.1, -0.05) is 47.5 Å². The maximum Gasteiger partial charge on any atom is 0.256 e. The van der Waals surface area contributed by atoms with E-state index in [0.29, 0.717) is 43.5 Å². The van der Waals surface area contributed by atoms with Gasteiger partial charge in [0, 0.05) is 21.7 Å². The third kappa shape index (κ3) is 3.70. The number of carbonyl (C=O) groups is 1. The number of aromatic nitrogens is 1. The number of para-hydroxylation sites is 1. The van der Waals surface area contributed by atoms with E-state index in [0.717, 1.165) is 0 Å². The fourth-order valence-electron chi connectivity index (χ4n) is 2.96. The first-order valence-corrected chi connectivity index (χ1v) is 9.19. The summed E-state index contributed by atoms with van der Waals surface area (Å²) in [6.45, 7) is 0. The number of nitrogens with zero attached hydrogens (tertiary/aromatic N) is 1. The number of hydrogen-bond donors (Lipinski definition) is 1. The molecule has 0 spiro atoms. The Labute approximate surface area is 170 Å². The van der Waals surface area contributed by atoms with Gasteiger partial charge in [0.2, 0.25) is 0 Å². The monoisotopic (exact) mass is 410 g/mol. The summed E-state index contributed by atoms with van der Waals surface area (Å²) >= 11 is 12.3. The van der Waals surface area contributed by atoms with Crippen molar-refractivity contribution in [3.63, 3.8) is 0 Å². The highest BCUT2D eigenvalue weighted by molar-refractivity contribution is 6.36. The molecule has 138 valence electrons. The number of pyridine rings is 1. The zero-order chi connectivity index (χ0) is 19.7. The molecule has 4 rings (SSSR count). The maximum absolute atomic E-state index is 13.4. The molecule has 4 aromatic rings. The largest absolute Gasteiger partial charge is 0.322 e. The highest BCUT2D eigenvalue weighted by Crippen LogP contribution is 2.32. The SMILES string of the molecule is O=C(Nc1cccc(F)c1)c1cc(-c2ccc(Cl)cc2Cl)nc2ccccc12. The number of benzene rings is 3. The average Bonchev–Trinajstić information content (AvgIpc) is 2.67. The van der Waals surface area contributed by atoms with Crippen molar-refractivity contribution in [1.82, 2.24) is 4.98 Å². The van der Waals surface area contributed by atoms with Gasteiger partial charge in [-0.3, -0.25) is 4.79 Å². The Bertz CT molecular complexity index is 1210. The van der Waals surface area contributed by atoms with Crippen molar-refractivity contribution in [2.75, 3.05) is 5.32 Å². The summed E-state index contributed by atoms with van der Waals surface area (Å²) in [7, 11) is 0. The van der Waals surface area contributed by atoms with Gasteiger partial charge in [0.05, 0.1) is 21.8 Å². The minimum absolute atomic E-state index is 0.365. The lowest BCUT2D eigenvalue weighted by Crippen LogP contribution is -2.13. The molecule has 0 aliphatic heterocycles. The van der Waals surface area contributed by atoms with Crippen molar-refractivity contribution in [2.45, 2.75) is 0 Å². The van der Waals surface area contributed by atoms with Gasteiger partial charge in [-0.2, -0.15) is 0 Å². The van der Waals surface area contributed by atoms with Crippen molar-refractivity contribution in [3.05, 3.63) is 94.2 Å². The molecule has 1 heterocycles. The minimum Gasteiger partial charge on any atom is -0.322 e. The second-order valence-corrected chi connectivity index (χ2v) is 7.00. The zero-order valence-electron chi connectivity index (χ0n) is 14.4. The predicted molar refractivity (Wildman–Crippen MR) is 112 cm³/mol. The first kappa shape index (κ1) is 18.4. The molecule has 0 radical (unpaired) electrons.